The maximum atomic E-state index is 6.22. The third-order valence-electron chi connectivity index (χ3n) is 2.59. The second kappa shape index (κ2) is 6.99. The van der Waals surface area contributed by atoms with Crippen LogP contribution in [0.15, 0.2) is 52.5 Å². The van der Waals surface area contributed by atoms with Crippen LogP contribution in [0.3, 0.4) is 0 Å². The van der Waals surface area contributed by atoms with Gasteiger partial charge in [-0.1, -0.05) is 11.6 Å². The second-order valence-electron chi connectivity index (χ2n) is 4.39. The molecule has 0 radical (unpaired) electrons. The molecule has 0 atom stereocenters. The normalized spacial score (nSPS) is 15.0. The molecule has 1 aliphatic heterocycles. The molecule has 0 spiro atoms. The van der Waals surface area contributed by atoms with Crippen LogP contribution in [0.4, 0.5) is 11.4 Å². The number of hydrogen-bond acceptors (Lipinski definition) is 4. The van der Waals surface area contributed by atoms with Gasteiger partial charge in [0.15, 0.2) is 0 Å². The third-order valence-corrected chi connectivity index (χ3v) is 5.01. The maximum absolute atomic E-state index is 6.22. The van der Waals surface area contributed by atoms with Gasteiger partial charge < -0.3 is 8.01 Å². The quantitative estimate of drug-likeness (QED) is 0.423. The van der Waals surface area contributed by atoms with Crippen LogP contribution in [-0.2, 0) is 0 Å². The van der Waals surface area contributed by atoms with E-state index in [1.54, 1.807) is 0 Å². The van der Waals surface area contributed by atoms with E-state index in [-0.39, 0.29) is 21.0 Å². The lowest BCUT2D eigenvalue weighted by Crippen LogP contribution is -2.07. The Morgan fingerprint density at radius 3 is 2.75 bits per heavy atom. The molecule has 2 rings (SSSR count). The fourth-order valence-electron chi connectivity index (χ4n) is 1.48. The van der Waals surface area contributed by atoms with Crippen molar-refractivity contribution in [2.24, 2.45) is 10.2 Å². The molecule has 0 N–H and O–H groups in total. The fourth-order valence-corrected chi connectivity index (χ4v) is 3.12. The van der Waals surface area contributed by atoms with Crippen molar-refractivity contribution < 1.29 is 0 Å². The summed E-state index contributed by atoms with van der Waals surface area (Å²) in [4.78, 5) is 2.00. The summed E-state index contributed by atoms with van der Waals surface area (Å²) >= 11 is 6.06. The minimum Gasteiger partial charge on any atom is -0.378 e. The van der Waals surface area contributed by atoms with Gasteiger partial charge in [-0.25, -0.2) is 0 Å². The lowest BCUT2D eigenvalue weighted by molar-refractivity contribution is 0.835. The Balaban J connectivity index is 2.18. The van der Waals surface area contributed by atoms with Gasteiger partial charge in [-0.15, -0.1) is 5.11 Å². The van der Waals surface area contributed by atoms with Crippen LogP contribution in [0.2, 0.25) is 5.02 Å². The summed E-state index contributed by atoms with van der Waals surface area (Å²) in [6, 6.07) is 5.75. The Hall–Kier alpha value is -1.21. The van der Waals surface area contributed by atoms with Crippen molar-refractivity contribution in [3.63, 3.8) is 0 Å². The van der Waals surface area contributed by atoms with E-state index in [0.717, 1.165) is 11.4 Å². The molecular weight excluding hydrogens is 387 g/mol. The summed E-state index contributed by atoms with van der Waals surface area (Å²) in [7, 11) is 6.01. The van der Waals surface area contributed by atoms with Crippen LogP contribution in [-0.4, -0.2) is 28.3 Å². The number of halogens is 2. The highest BCUT2D eigenvalue weighted by molar-refractivity contribution is 14.2. The van der Waals surface area contributed by atoms with E-state index in [4.69, 9.17) is 11.6 Å². The first kappa shape index (κ1) is 15.2. The van der Waals surface area contributed by atoms with E-state index in [1.807, 2.05) is 55.5 Å². The standard InChI is InChI=1S/C14H16ClIN4/c1-19(2)12-6-7-14(13(15)9-12)18-17-11-5-4-8-20(3)16-10-11/h4-10H,1-3H3. The molecule has 20 heavy (non-hydrogen) atoms. The van der Waals surface area contributed by atoms with E-state index in [9.17, 15) is 0 Å². The van der Waals surface area contributed by atoms with E-state index < -0.39 is 0 Å². The summed E-state index contributed by atoms with van der Waals surface area (Å²) < 4.78 is 4.31. The number of azo groups is 1. The van der Waals surface area contributed by atoms with E-state index in [0.29, 0.717) is 10.7 Å². The minimum atomic E-state index is -0.161. The number of rotatable bonds is 3. The highest BCUT2D eigenvalue weighted by Gasteiger charge is 2.03. The van der Waals surface area contributed by atoms with Crippen molar-refractivity contribution in [3.8, 4) is 0 Å². The Labute approximate surface area is 134 Å². The number of allylic oxidation sites excluding steroid dienone is 3. The molecule has 0 saturated carbocycles. The number of benzene rings is 1. The zero-order valence-corrected chi connectivity index (χ0v) is 14.5. The molecular formula is C14H16ClIN4. The molecule has 0 aliphatic carbocycles. The molecule has 106 valence electrons. The van der Waals surface area contributed by atoms with Crippen molar-refractivity contribution in [3.05, 3.63) is 47.3 Å². The molecule has 1 aromatic carbocycles. The first-order chi connectivity index (χ1) is 9.56. The smallest absolute Gasteiger partial charge is 0.104 e. The zero-order valence-electron chi connectivity index (χ0n) is 11.6. The molecule has 0 aromatic heterocycles. The predicted octanol–water partition coefficient (Wildman–Crippen LogP) is 4.52. The van der Waals surface area contributed by atoms with E-state index in [1.165, 1.54) is 0 Å². The molecule has 0 bridgehead atoms. The fraction of sp³-hybridized carbons (Fsp3) is 0.214. The van der Waals surface area contributed by atoms with Gasteiger partial charge in [0, 0.05) is 58.0 Å². The highest BCUT2D eigenvalue weighted by Crippen LogP contribution is 2.29. The van der Waals surface area contributed by atoms with Gasteiger partial charge in [0.2, 0.25) is 0 Å². The molecule has 1 aliphatic rings. The number of hydrogen-bond donors (Lipinski definition) is 0. The number of nitrogens with zero attached hydrogens (tertiary/aromatic N) is 4. The van der Waals surface area contributed by atoms with Gasteiger partial charge in [-0.3, -0.25) is 0 Å². The van der Waals surface area contributed by atoms with Crippen LogP contribution >= 0.6 is 32.6 Å². The van der Waals surface area contributed by atoms with Crippen LogP contribution < -0.4 is 4.90 Å². The predicted molar refractivity (Wildman–Crippen MR) is 95.4 cm³/mol. The van der Waals surface area contributed by atoms with Gasteiger partial charge in [-0.05, 0) is 30.4 Å². The second-order valence-corrected chi connectivity index (χ2v) is 7.50. The van der Waals surface area contributed by atoms with Crippen LogP contribution in [0.5, 0.6) is 0 Å². The summed E-state index contributed by atoms with van der Waals surface area (Å²) in [5.74, 6) is 0. The van der Waals surface area contributed by atoms with Gasteiger partial charge in [0.25, 0.3) is 0 Å². The van der Waals surface area contributed by atoms with E-state index >= 15 is 0 Å². The Morgan fingerprint density at radius 2 is 2.05 bits per heavy atom. The van der Waals surface area contributed by atoms with Crippen molar-refractivity contribution in [2.75, 3.05) is 26.0 Å². The largest absolute Gasteiger partial charge is 0.378 e. The molecule has 1 aromatic rings. The highest BCUT2D eigenvalue weighted by atomic mass is 127. The molecule has 1 heterocycles. The Kier molecular flexibility index (Phi) is 5.31. The first-order valence-electron chi connectivity index (χ1n) is 6.03. The molecule has 0 amide bonds. The maximum Gasteiger partial charge on any atom is 0.104 e. The van der Waals surface area contributed by atoms with Gasteiger partial charge in [0.1, 0.15) is 5.69 Å². The van der Waals surface area contributed by atoms with Crippen LogP contribution in [0, 0.1) is 0 Å². The Bertz CT molecular complexity index is 605. The van der Waals surface area contributed by atoms with Gasteiger partial charge >= 0.3 is 0 Å². The summed E-state index contributed by atoms with van der Waals surface area (Å²) in [5, 5.41) is 9.11. The summed E-state index contributed by atoms with van der Waals surface area (Å²) in [6.45, 7) is 0. The SMILES string of the molecule is CN1C=CC=C(N=Nc2ccc(N(C)C)cc2Cl)C=I1. The Morgan fingerprint density at radius 1 is 1.25 bits per heavy atom. The number of anilines is 1. The van der Waals surface area contributed by atoms with Crippen LogP contribution in [0.25, 0.3) is 0 Å². The molecule has 0 unspecified atom stereocenters. The minimum absolute atomic E-state index is 0.161. The van der Waals surface area contributed by atoms with E-state index in [2.05, 4.69) is 24.4 Å². The van der Waals surface area contributed by atoms with Crippen molar-refractivity contribution >= 4 is 48.0 Å². The third kappa shape index (κ3) is 4.14. The molecule has 0 fully saturated rings. The monoisotopic (exact) mass is 402 g/mol. The van der Waals surface area contributed by atoms with Gasteiger partial charge in [0.05, 0.1) is 10.7 Å². The van der Waals surface area contributed by atoms with Crippen molar-refractivity contribution in [1.29, 1.82) is 0 Å². The molecule has 4 nitrogen and oxygen atoms in total. The first-order valence-corrected chi connectivity index (χ1v) is 8.62. The lowest BCUT2D eigenvalue weighted by Gasteiger charge is -2.12. The topological polar surface area (TPSA) is 31.2 Å². The van der Waals surface area contributed by atoms with Gasteiger partial charge in [-0.2, -0.15) is 5.11 Å². The molecule has 0 saturated heterocycles. The van der Waals surface area contributed by atoms with Crippen molar-refractivity contribution in [2.45, 2.75) is 0 Å². The average molecular weight is 403 g/mol. The summed E-state index contributed by atoms with van der Waals surface area (Å²) in [6.07, 6.45) is 5.98. The molecule has 6 heteroatoms. The zero-order chi connectivity index (χ0) is 14.5. The lowest BCUT2D eigenvalue weighted by atomic mass is 10.3. The van der Waals surface area contributed by atoms with Crippen molar-refractivity contribution in [1.82, 2.24) is 3.11 Å². The van der Waals surface area contributed by atoms with Crippen LogP contribution in [0.1, 0.15) is 0 Å². The summed E-state index contributed by atoms with van der Waals surface area (Å²) in [5.41, 5.74) is 2.61. The average Bonchev–Trinajstić information content (AvgIpc) is 2.62.